The lowest BCUT2D eigenvalue weighted by Crippen LogP contribution is -2.28. The van der Waals surface area contributed by atoms with E-state index in [9.17, 15) is 14.7 Å². The Bertz CT molecular complexity index is 1610. The summed E-state index contributed by atoms with van der Waals surface area (Å²) >= 11 is 0. The number of rotatable bonds is 67. The molecule has 0 radical (unpaired) electrons. The van der Waals surface area contributed by atoms with Crippen LogP contribution in [0.15, 0.2) is 109 Å². The number of ether oxygens (including phenoxy) is 2. The average molecular weight is 1170 g/mol. The van der Waals surface area contributed by atoms with Crippen molar-refractivity contribution in [2.24, 2.45) is 0 Å². The lowest BCUT2D eigenvalue weighted by molar-refractivity contribution is -0.161. The molecule has 0 fully saturated rings. The highest BCUT2D eigenvalue weighted by atomic mass is 16.6. The molecular formula is C79H138O5. The van der Waals surface area contributed by atoms with Crippen molar-refractivity contribution in [3.8, 4) is 0 Å². The van der Waals surface area contributed by atoms with Gasteiger partial charge in [0.05, 0.1) is 6.61 Å². The zero-order valence-electron chi connectivity index (χ0n) is 55.6. The number of unbranched alkanes of at least 4 members (excludes halogenated alkanes) is 41. The molecule has 0 aromatic carbocycles. The number of carbonyl (C=O) groups is 2. The van der Waals surface area contributed by atoms with Crippen molar-refractivity contribution in [3.63, 3.8) is 0 Å². The van der Waals surface area contributed by atoms with Crippen LogP contribution in [-0.2, 0) is 19.1 Å². The van der Waals surface area contributed by atoms with Gasteiger partial charge in [-0.3, -0.25) is 9.59 Å². The summed E-state index contributed by atoms with van der Waals surface area (Å²) < 4.78 is 10.8. The standard InChI is InChI=1S/C79H138O5/c1-3-5-7-9-11-13-15-17-19-21-23-25-27-29-31-33-35-36-37-38-39-40-41-42-44-46-48-50-52-54-56-58-60-62-64-66-68-70-72-74-79(82)84-77(75-80)76-83-78(81)73-71-69-67-65-63-61-59-57-55-53-51-49-47-45-43-34-32-30-28-26-24-22-20-18-16-14-12-10-8-6-4-2/h5-8,11-14,17-20,23-26,29,31,77,80H,3-4,9-10,15-16,21-22,27-28,30,32-76H2,1-2H3/b7-5-,8-6-,13-11-,14-12-,19-17-,20-18-,25-23-,26-24-,31-29-. The van der Waals surface area contributed by atoms with Crippen molar-refractivity contribution in [1.82, 2.24) is 0 Å². The second-order valence-corrected chi connectivity index (χ2v) is 24.3. The third-order valence-electron chi connectivity index (χ3n) is 16.1. The lowest BCUT2D eigenvalue weighted by Gasteiger charge is -2.15. The molecule has 0 amide bonds. The molecule has 1 atom stereocenters. The van der Waals surface area contributed by atoms with Gasteiger partial charge in [0.25, 0.3) is 0 Å². The minimum absolute atomic E-state index is 0.0640. The summed E-state index contributed by atoms with van der Waals surface area (Å²) in [6.45, 7) is 3.95. The van der Waals surface area contributed by atoms with Crippen LogP contribution in [-0.4, -0.2) is 36.4 Å². The maximum atomic E-state index is 12.4. The van der Waals surface area contributed by atoms with Gasteiger partial charge in [-0.2, -0.15) is 0 Å². The molecule has 0 saturated heterocycles. The smallest absolute Gasteiger partial charge is 0.306 e. The fraction of sp³-hybridized carbons (Fsp3) is 0.747. The first-order chi connectivity index (χ1) is 41.6. The summed E-state index contributed by atoms with van der Waals surface area (Å²) in [7, 11) is 0. The fourth-order valence-electron chi connectivity index (χ4n) is 10.7. The number of hydrogen-bond acceptors (Lipinski definition) is 5. The highest BCUT2D eigenvalue weighted by molar-refractivity contribution is 5.70. The van der Waals surface area contributed by atoms with Crippen molar-refractivity contribution in [2.75, 3.05) is 13.2 Å². The molecule has 1 unspecified atom stereocenters. The number of esters is 2. The van der Waals surface area contributed by atoms with Gasteiger partial charge in [0.1, 0.15) is 6.61 Å². The van der Waals surface area contributed by atoms with Crippen LogP contribution in [0.2, 0.25) is 0 Å². The average Bonchev–Trinajstić information content (AvgIpc) is 3.51. The van der Waals surface area contributed by atoms with Crippen molar-refractivity contribution in [2.45, 2.75) is 367 Å². The molecule has 484 valence electrons. The zero-order valence-corrected chi connectivity index (χ0v) is 55.6. The summed E-state index contributed by atoms with van der Waals surface area (Å²) in [5, 5.41) is 9.71. The second kappa shape index (κ2) is 73.8. The Morgan fingerprint density at radius 3 is 0.714 bits per heavy atom. The molecule has 0 spiro atoms. The Hall–Kier alpha value is -3.44. The van der Waals surface area contributed by atoms with Gasteiger partial charge in [-0.1, -0.05) is 361 Å². The van der Waals surface area contributed by atoms with E-state index in [0.29, 0.717) is 12.8 Å². The number of aliphatic hydroxyl groups excluding tert-OH is 1. The van der Waals surface area contributed by atoms with Crippen LogP contribution in [0.1, 0.15) is 361 Å². The number of hydrogen-bond donors (Lipinski definition) is 1. The normalized spacial score (nSPS) is 12.8. The molecule has 84 heavy (non-hydrogen) atoms. The predicted octanol–water partition coefficient (Wildman–Crippen LogP) is 25.5. The van der Waals surface area contributed by atoms with Gasteiger partial charge >= 0.3 is 11.9 Å². The Morgan fingerprint density at radius 1 is 0.274 bits per heavy atom. The topological polar surface area (TPSA) is 72.8 Å². The van der Waals surface area contributed by atoms with Gasteiger partial charge in [-0.15, -0.1) is 0 Å². The molecule has 0 aromatic heterocycles. The van der Waals surface area contributed by atoms with Crippen molar-refractivity contribution >= 4 is 11.9 Å². The maximum absolute atomic E-state index is 12.4. The van der Waals surface area contributed by atoms with Crippen LogP contribution in [0.3, 0.4) is 0 Å². The Balaban J connectivity index is 3.41. The van der Waals surface area contributed by atoms with Gasteiger partial charge in [0, 0.05) is 12.8 Å². The number of aliphatic hydroxyl groups is 1. The molecule has 5 heteroatoms. The van der Waals surface area contributed by atoms with E-state index < -0.39 is 6.10 Å². The number of allylic oxidation sites excluding steroid dienone is 18. The summed E-state index contributed by atoms with van der Waals surface area (Å²) in [6, 6.07) is 0. The fourth-order valence-corrected chi connectivity index (χ4v) is 10.7. The van der Waals surface area contributed by atoms with Gasteiger partial charge in [0.2, 0.25) is 0 Å². The third kappa shape index (κ3) is 71.0. The Labute approximate surface area is 522 Å². The van der Waals surface area contributed by atoms with E-state index in [4.69, 9.17) is 9.47 Å². The first-order valence-electron chi connectivity index (χ1n) is 36.4. The Kier molecular flexibility index (Phi) is 70.8. The van der Waals surface area contributed by atoms with Gasteiger partial charge in [-0.05, 0) is 96.3 Å². The molecule has 0 aliphatic rings. The van der Waals surface area contributed by atoms with Crippen molar-refractivity contribution < 1.29 is 24.2 Å². The van der Waals surface area contributed by atoms with Gasteiger partial charge in [-0.25, -0.2) is 0 Å². The largest absolute Gasteiger partial charge is 0.462 e. The molecule has 0 heterocycles. The molecule has 0 aliphatic heterocycles. The quantitative estimate of drug-likeness (QED) is 0.0373. The first-order valence-corrected chi connectivity index (χ1v) is 36.4. The van der Waals surface area contributed by atoms with Crippen molar-refractivity contribution in [1.29, 1.82) is 0 Å². The molecule has 0 aromatic rings. The van der Waals surface area contributed by atoms with Crippen LogP contribution in [0, 0.1) is 0 Å². The van der Waals surface area contributed by atoms with E-state index in [0.717, 1.165) is 96.3 Å². The minimum atomic E-state index is -0.775. The maximum Gasteiger partial charge on any atom is 0.306 e. The number of carbonyl (C=O) groups excluding carboxylic acids is 2. The summed E-state index contributed by atoms with van der Waals surface area (Å²) in [4.78, 5) is 24.7. The Morgan fingerprint density at radius 2 is 0.476 bits per heavy atom. The minimum Gasteiger partial charge on any atom is -0.462 e. The SMILES string of the molecule is CC/C=C\C/C=C\C/C=C\C/C=C\C/C=C\CCCCCCCCCCCCCCCCCCCCCCCCCC(=O)OC(CO)COC(=O)CCCCCCCCCCCCCCCCCCCC/C=C\C/C=C\C/C=C\C/C=C\CC. The van der Waals surface area contributed by atoms with Crippen molar-refractivity contribution in [3.05, 3.63) is 109 Å². The van der Waals surface area contributed by atoms with E-state index in [1.807, 2.05) is 0 Å². The van der Waals surface area contributed by atoms with Crippen LogP contribution in [0.4, 0.5) is 0 Å². The molecule has 1 N–H and O–H groups in total. The van der Waals surface area contributed by atoms with E-state index in [1.54, 1.807) is 0 Å². The van der Waals surface area contributed by atoms with E-state index in [-0.39, 0.29) is 25.2 Å². The summed E-state index contributed by atoms with van der Waals surface area (Å²) in [5.74, 6) is -0.574. The van der Waals surface area contributed by atoms with Crippen LogP contribution in [0.5, 0.6) is 0 Å². The van der Waals surface area contributed by atoms with Crippen LogP contribution >= 0.6 is 0 Å². The monoisotopic (exact) mass is 1170 g/mol. The highest BCUT2D eigenvalue weighted by Crippen LogP contribution is 2.18. The van der Waals surface area contributed by atoms with Gasteiger partial charge < -0.3 is 14.6 Å². The van der Waals surface area contributed by atoms with E-state index >= 15 is 0 Å². The molecular weight excluding hydrogens is 1030 g/mol. The lowest BCUT2D eigenvalue weighted by atomic mass is 10.0. The van der Waals surface area contributed by atoms with Gasteiger partial charge in [0.15, 0.2) is 6.10 Å². The summed E-state index contributed by atoms with van der Waals surface area (Å²) in [6.07, 6.45) is 107. The first kappa shape index (κ1) is 80.6. The van der Waals surface area contributed by atoms with E-state index in [2.05, 4.69) is 123 Å². The zero-order chi connectivity index (χ0) is 60.5. The molecule has 5 nitrogen and oxygen atoms in total. The molecule has 0 saturated carbocycles. The second-order valence-electron chi connectivity index (χ2n) is 24.3. The predicted molar refractivity (Wildman–Crippen MR) is 371 cm³/mol. The van der Waals surface area contributed by atoms with E-state index in [1.165, 1.54) is 238 Å². The highest BCUT2D eigenvalue weighted by Gasteiger charge is 2.16. The summed E-state index contributed by atoms with van der Waals surface area (Å²) in [5.41, 5.74) is 0. The van der Waals surface area contributed by atoms with Crippen LogP contribution in [0.25, 0.3) is 0 Å². The molecule has 0 aliphatic carbocycles. The third-order valence-corrected chi connectivity index (χ3v) is 16.1. The molecule has 0 bridgehead atoms. The van der Waals surface area contributed by atoms with Crippen LogP contribution < -0.4 is 0 Å². The molecule has 0 rings (SSSR count).